The maximum atomic E-state index is 13.0. The van der Waals surface area contributed by atoms with E-state index in [2.05, 4.69) is 10.3 Å². The summed E-state index contributed by atoms with van der Waals surface area (Å²) in [6, 6.07) is 9.32. The van der Waals surface area contributed by atoms with Gasteiger partial charge < -0.3 is 0 Å². The summed E-state index contributed by atoms with van der Waals surface area (Å²) < 4.78 is 39.5. The van der Waals surface area contributed by atoms with E-state index in [0.29, 0.717) is 10.3 Å². The number of nitrogens with zero attached hydrogens (tertiary/aromatic N) is 1. The molecule has 0 unspecified atom stereocenters. The molecular formula is C17H13F3N2OS. The monoisotopic (exact) mass is 350 g/mol. The normalized spacial score (nSPS) is 11.7. The molecule has 0 spiro atoms. The lowest BCUT2D eigenvalue weighted by molar-refractivity contribution is -0.136. The number of halogens is 3. The van der Waals surface area contributed by atoms with E-state index in [0.717, 1.165) is 28.5 Å². The molecule has 3 aromatic rings. The molecule has 0 fully saturated rings. The minimum atomic E-state index is -4.48. The fourth-order valence-electron chi connectivity index (χ4n) is 2.38. The van der Waals surface area contributed by atoms with Gasteiger partial charge in [0.25, 0.3) is 5.91 Å². The lowest BCUT2D eigenvalue weighted by Crippen LogP contribution is -2.13. The maximum absolute atomic E-state index is 13.0. The highest BCUT2D eigenvalue weighted by molar-refractivity contribution is 7.22. The number of anilines is 1. The Morgan fingerprint density at radius 1 is 1.17 bits per heavy atom. The number of carbonyl (C=O) groups is 1. The second kappa shape index (κ2) is 5.90. The third-order valence-electron chi connectivity index (χ3n) is 3.58. The van der Waals surface area contributed by atoms with Gasteiger partial charge in [0.05, 0.1) is 15.8 Å². The van der Waals surface area contributed by atoms with Crippen molar-refractivity contribution in [3.8, 4) is 0 Å². The highest BCUT2D eigenvalue weighted by Crippen LogP contribution is 2.37. The van der Waals surface area contributed by atoms with Gasteiger partial charge in [-0.3, -0.25) is 10.1 Å². The van der Waals surface area contributed by atoms with Crippen LogP contribution < -0.4 is 5.32 Å². The first-order valence-electron chi connectivity index (χ1n) is 7.11. The largest absolute Gasteiger partial charge is 0.418 e. The lowest BCUT2D eigenvalue weighted by Gasteiger charge is -2.07. The van der Waals surface area contributed by atoms with E-state index in [1.54, 1.807) is 19.1 Å². The number of fused-ring (bicyclic) bond motifs is 1. The standard InChI is InChI=1S/C17H13F3N2OS/c1-9-6-7-10(2)11(8-9)15(23)22-16-21-14-12(17(18,19)20)4-3-5-13(14)24-16/h3-8H,1-2H3,(H,21,22,23). The number of carbonyl (C=O) groups excluding carboxylic acids is 1. The van der Waals surface area contributed by atoms with Crippen molar-refractivity contribution in [3.05, 3.63) is 58.7 Å². The molecule has 0 aliphatic heterocycles. The second-order valence-electron chi connectivity index (χ2n) is 5.44. The van der Waals surface area contributed by atoms with Crippen LogP contribution in [0.1, 0.15) is 27.0 Å². The van der Waals surface area contributed by atoms with Gasteiger partial charge in [-0.15, -0.1) is 0 Å². The van der Waals surface area contributed by atoms with E-state index in [1.807, 2.05) is 19.1 Å². The topological polar surface area (TPSA) is 42.0 Å². The zero-order chi connectivity index (χ0) is 17.5. The van der Waals surface area contributed by atoms with Crippen LogP contribution in [0, 0.1) is 13.8 Å². The fourth-order valence-corrected chi connectivity index (χ4v) is 3.26. The molecule has 2 aromatic carbocycles. The number of amides is 1. The Morgan fingerprint density at radius 2 is 1.92 bits per heavy atom. The van der Waals surface area contributed by atoms with Gasteiger partial charge in [-0.2, -0.15) is 13.2 Å². The van der Waals surface area contributed by atoms with Crippen molar-refractivity contribution in [2.75, 3.05) is 5.32 Å². The average Bonchev–Trinajstić information content (AvgIpc) is 2.90. The molecule has 7 heteroatoms. The number of aromatic nitrogens is 1. The van der Waals surface area contributed by atoms with Crippen molar-refractivity contribution in [3.63, 3.8) is 0 Å². The predicted molar refractivity (Wildman–Crippen MR) is 88.5 cm³/mol. The average molecular weight is 350 g/mol. The molecule has 3 rings (SSSR count). The summed E-state index contributed by atoms with van der Waals surface area (Å²) in [6.45, 7) is 3.66. The van der Waals surface area contributed by atoms with Crippen molar-refractivity contribution >= 4 is 32.6 Å². The molecule has 1 amide bonds. The van der Waals surface area contributed by atoms with Crippen molar-refractivity contribution < 1.29 is 18.0 Å². The number of alkyl halides is 3. The first-order valence-corrected chi connectivity index (χ1v) is 7.93. The van der Waals surface area contributed by atoms with Crippen LogP contribution in [0.15, 0.2) is 36.4 Å². The summed E-state index contributed by atoms with van der Waals surface area (Å²) in [5.74, 6) is -0.385. The molecule has 1 heterocycles. The number of benzene rings is 2. The molecule has 0 aliphatic carbocycles. The van der Waals surface area contributed by atoms with Gasteiger partial charge >= 0.3 is 6.18 Å². The maximum Gasteiger partial charge on any atom is 0.418 e. The number of aryl methyl sites for hydroxylation is 2. The van der Waals surface area contributed by atoms with Gasteiger partial charge in [0, 0.05) is 5.56 Å². The minimum Gasteiger partial charge on any atom is -0.298 e. The summed E-state index contributed by atoms with van der Waals surface area (Å²) in [6.07, 6.45) is -4.48. The SMILES string of the molecule is Cc1ccc(C)c(C(=O)Nc2nc3c(C(F)(F)F)cccc3s2)c1. The van der Waals surface area contributed by atoms with Crippen molar-refractivity contribution in [2.24, 2.45) is 0 Å². The molecule has 0 aliphatic rings. The summed E-state index contributed by atoms with van der Waals surface area (Å²) in [7, 11) is 0. The van der Waals surface area contributed by atoms with Crippen LogP contribution >= 0.6 is 11.3 Å². The number of hydrogen-bond acceptors (Lipinski definition) is 3. The Bertz CT molecular complexity index is 931. The fraction of sp³-hybridized carbons (Fsp3) is 0.176. The van der Waals surface area contributed by atoms with Crippen LogP contribution in [-0.4, -0.2) is 10.9 Å². The predicted octanol–water partition coefficient (Wildman–Crippen LogP) is 5.18. The van der Waals surface area contributed by atoms with E-state index >= 15 is 0 Å². The number of nitrogens with one attached hydrogen (secondary N) is 1. The Morgan fingerprint density at radius 3 is 2.62 bits per heavy atom. The van der Waals surface area contributed by atoms with E-state index in [-0.39, 0.29) is 16.6 Å². The zero-order valence-electron chi connectivity index (χ0n) is 12.9. The van der Waals surface area contributed by atoms with Crippen molar-refractivity contribution in [1.82, 2.24) is 4.98 Å². The van der Waals surface area contributed by atoms with Gasteiger partial charge in [-0.1, -0.05) is 35.1 Å². The summed E-state index contributed by atoms with van der Waals surface area (Å²) in [4.78, 5) is 16.3. The quantitative estimate of drug-likeness (QED) is 0.691. The molecule has 3 nitrogen and oxygen atoms in total. The first kappa shape index (κ1) is 16.4. The Labute approximate surface area is 140 Å². The van der Waals surface area contributed by atoms with E-state index in [4.69, 9.17) is 0 Å². The zero-order valence-corrected chi connectivity index (χ0v) is 13.7. The summed E-state index contributed by atoms with van der Waals surface area (Å²) >= 11 is 1.02. The van der Waals surface area contributed by atoms with Crippen LogP contribution in [0.5, 0.6) is 0 Å². The molecule has 0 saturated carbocycles. The summed E-state index contributed by atoms with van der Waals surface area (Å²) in [5.41, 5.74) is 1.24. The third kappa shape index (κ3) is 3.12. The van der Waals surface area contributed by atoms with Gasteiger partial charge in [-0.05, 0) is 37.6 Å². The number of rotatable bonds is 2. The van der Waals surface area contributed by atoms with Gasteiger partial charge in [-0.25, -0.2) is 4.98 Å². The lowest BCUT2D eigenvalue weighted by atomic mass is 10.1. The Kier molecular flexibility index (Phi) is 4.04. The van der Waals surface area contributed by atoms with E-state index in [9.17, 15) is 18.0 Å². The smallest absolute Gasteiger partial charge is 0.298 e. The molecular weight excluding hydrogens is 337 g/mol. The Hall–Kier alpha value is -2.41. The van der Waals surface area contributed by atoms with Crippen LogP contribution in [-0.2, 0) is 6.18 Å². The Balaban J connectivity index is 1.96. The number of para-hydroxylation sites is 1. The molecule has 24 heavy (non-hydrogen) atoms. The molecule has 1 N–H and O–H groups in total. The van der Waals surface area contributed by atoms with Crippen LogP contribution in [0.3, 0.4) is 0 Å². The molecule has 0 atom stereocenters. The van der Waals surface area contributed by atoms with Crippen LogP contribution in [0.4, 0.5) is 18.3 Å². The van der Waals surface area contributed by atoms with Crippen LogP contribution in [0.2, 0.25) is 0 Å². The van der Waals surface area contributed by atoms with Crippen LogP contribution in [0.25, 0.3) is 10.2 Å². The van der Waals surface area contributed by atoms with Gasteiger partial charge in [0.1, 0.15) is 0 Å². The van der Waals surface area contributed by atoms with E-state index in [1.165, 1.54) is 6.07 Å². The molecule has 0 bridgehead atoms. The molecule has 0 radical (unpaired) electrons. The van der Waals surface area contributed by atoms with E-state index < -0.39 is 11.7 Å². The molecule has 0 saturated heterocycles. The number of thiazole rings is 1. The van der Waals surface area contributed by atoms with Gasteiger partial charge in [0.15, 0.2) is 5.13 Å². The highest BCUT2D eigenvalue weighted by atomic mass is 32.1. The first-order chi connectivity index (χ1) is 11.3. The van der Waals surface area contributed by atoms with Crippen molar-refractivity contribution in [2.45, 2.75) is 20.0 Å². The summed E-state index contributed by atoms with van der Waals surface area (Å²) in [5, 5.41) is 2.74. The van der Waals surface area contributed by atoms with Gasteiger partial charge in [0.2, 0.25) is 0 Å². The minimum absolute atomic E-state index is 0.146. The van der Waals surface area contributed by atoms with Crippen molar-refractivity contribution in [1.29, 1.82) is 0 Å². The molecule has 124 valence electrons. The second-order valence-corrected chi connectivity index (χ2v) is 6.47. The number of hydrogen-bond donors (Lipinski definition) is 1. The third-order valence-corrected chi connectivity index (χ3v) is 4.52. The molecule has 1 aromatic heterocycles. The highest BCUT2D eigenvalue weighted by Gasteiger charge is 2.33.